The molecule has 2 aliphatic rings. The molecule has 1 aliphatic heterocycles. The van der Waals surface area contributed by atoms with Gasteiger partial charge in [-0.2, -0.15) is 18.3 Å². The molecule has 0 bridgehead atoms. The number of nitrogens with zero attached hydrogens (tertiary/aromatic N) is 2. The third-order valence-corrected chi connectivity index (χ3v) is 6.29. The van der Waals surface area contributed by atoms with E-state index in [0.29, 0.717) is 35.0 Å². The number of aryl methyl sites for hydroxylation is 1. The number of hydrogen-bond acceptors (Lipinski definition) is 5. The monoisotopic (exact) mass is 407 g/mol. The number of alkyl halides is 3. The van der Waals surface area contributed by atoms with Crippen LogP contribution in [0.5, 0.6) is 5.75 Å². The van der Waals surface area contributed by atoms with Crippen LogP contribution in [0.2, 0.25) is 0 Å². The van der Waals surface area contributed by atoms with Gasteiger partial charge in [-0.3, -0.25) is 0 Å². The van der Waals surface area contributed by atoms with E-state index < -0.39 is 23.6 Å². The maximum atomic E-state index is 12.8. The van der Waals surface area contributed by atoms with Crippen LogP contribution in [0.3, 0.4) is 0 Å². The lowest BCUT2D eigenvalue weighted by atomic mass is 9.76. The number of aliphatic hydroxyl groups is 1. The summed E-state index contributed by atoms with van der Waals surface area (Å²) >= 11 is 0. The highest BCUT2D eigenvalue weighted by atomic mass is 19.4. The number of benzene rings is 1. The van der Waals surface area contributed by atoms with E-state index in [1.54, 1.807) is 13.0 Å². The molecule has 3 N–H and O–H groups in total. The van der Waals surface area contributed by atoms with Crippen molar-refractivity contribution in [3.05, 3.63) is 41.1 Å². The summed E-state index contributed by atoms with van der Waals surface area (Å²) in [4.78, 5) is 0. The zero-order chi connectivity index (χ0) is 20.8. The Morgan fingerprint density at radius 2 is 1.93 bits per heavy atom. The van der Waals surface area contributed by atoms with Gasteiger partial charge in [-0.1, -0.05) is 0 Å². The summed E-state index contributed by atoms with van der Waals surface area (Å²) in [6.45, 7) is 2.77. The molecule has 4 rings (SSSR count). The molecule has 8 heteroatoms. The summed E-state index contributed by atoms with van der Waals surface area (Å²) in [6, 6.07) is 4.94. The standard InChI is InChI=1S/C21H24F3N3O2/c1-11-8-17(20(29)13-3-2-12-6-7-25-16(12)9-13)26-27-19(11)15-5-4-14(10-18(15)28)21(22,23)24/h4-5,8,10,12-13,16,20,25,28-29H,2-3,6-7,9H2,1H3. The van der Waals surface area contributed by atoms with E-state index in [2.05, 4.69) is 15.5 Å². The summed E-state index contributed by atoms with van der Waals surface area (Å²) in [5.74, 6) is 0.285. The molecular formula is C21H24F3N3O2. The third-order valence-electron chi connectivity index (χ3n) is 6.29. The van der Waals surface area contributed by atoms with Gasteiger partial charge in [-0.25, -0.2) is 0 Å². The van der Waals surface area contributed by atoms with Gasteiger partial charge in [0.05, 0.1) is 17.0 Å². The predicted octanol–water partition coefficient (Wildman–Crippen LogP) is 3.99. The van der Waals surface area contributed by atoms with Crippen LogP contribution in [-0.2, 0) is 6.18 Å². The van der Waals surface area contributed by atoms with Gasteiger partial charge in [0.2, 0.25) is 0 Å². The smallest absolute Gasteiger partial charge is 0.416 e. The van der Waals surface area contributed by atoms with Crippen LogP contribution in [0.1, 0.15) is 48.6 Å². The predicted molar refractivity (Wildman–Crippen MR) is 101 cm³/mol. The highest BCUT2D eigenvalue weighted by molar-refractivity contribution is 5.69. The SMILES string of the molecule is Cc1cc(C(O)C2CCC3CCNC3C2)nnc1-c1ccc(C(F)(F)F)cc1O. The Hall–Kier alpha value is -2.19. The van der Waals surface area contributed by atoms with E-state index in [1.165, 1.54) is 12.5 Å². The van der Waals surface area contributed by atoms with Crippen molar-refractivity contribution in [2.75, 3.05) is 6.54 Å². The lowest BCUT2D eigenvalue weighted by molar-refractivity contribution is -0.137. The third kappa shape index (κ3) is 3.96. The fourth-order valence-corrected chi connectivity index (χ4v) is 4.67. The molecule has 1 aromatic heterocycles. The maximum Gasteiger partial charge on any atom is 0.416 e. The Kier molecular flexibility index (Phi) is 5.25. The van der Waals surface area contributed by atoms with Gasteiger partial charge in [0.15, 0.2) is 0 Å². The highest BCUT2D eigenvalue weighted by Gasteiger charge is 2.37. The molecule has 2 heterocycles. The second-order valence-electron chi connectivity index (χ2n) is 8.16. The molecule has 1 aliphatic carbocycles. The minimum absolute atomic E-state index is 0.0980. The number of nitrogens with one attached hydrogen (secondary N) is 1. The number of hydrogen-bond donors (Lipinski definition) is 3. The average molecular weight is 407 g/mol. The van der Waals surface area contributed by atoms with Crippen LogP contribution in [-0.4, -0.2) is 33.0 Å². The van der Waals surface area contributed by atoms with Crippen molar-refractivity contribution in [2.24, 2.45) is 11.8 Å². The van der Waals surface area contributed by atoms with E-state index >= 15 is 0 Å². The van der Waals surface area contributed by atoms with Crippen LogP contribution in [0, 0.1) is 18.8 Å². The van der Waals surface area contributed by atoms with Crippen LogP contribution in [0.25, 0.3) is 11.3 Å². The first kappa shape index (κ1) is 20.1. The first-order chi connectivity index (χ1) is 13.7. The molecule has 156 valence electrons. The number of aromatic nitrogens is 2. The van der Waals surface area contributed by atoms with E-state index in [4.69, 9.17) is 0 Å². The number of aromatic hydroxyl groups is 1. The Morgan fingerprint density at radius 1 is 1.14 bits per heavy atom. The van der Waals surface area contributed by atoms with E-state index in [9.17, 15) is 23.4 Å². The molecule has 29 heavy (non-hydrogen) atoms. The molecule has 1 saturated carbocycles. The van der Waals surface area contributed by atoms with E-state index in [1.807, 2.05) is 0 Å². The zero-order valence-corrected chi connectivity index (χ0v) is 16.1. The summed E-state index contributed by atoms with van der Waals surface area (Å²) in [5.41, 5.74) is 0.649. The van der Waals surface area contributed by atoms with Crippen LogP contribution in [0.4, 0.5) is 13.2 Å². The van der Waals surface area contributed by atoms with Gasteiger partial charge in [-0.15, -0.1) is 5.10 Å². The Balaban J connectivity index is 1.55. The molecule has 4 unspecified atom stereocenters. The average Bonchev–Trinajstić information content (AvgIpc) is 3.14. The van der Waals surface area contributed by atoms with Crippen molar-refractivity contribution >= 4 is 0 Å². The van der Waals surface area contributed by atoms with Crippen molar-refractivity contribution in [3.63, 3.8) is 0 Å². The zero-order valence-electron chi connectivity index (χ0n) is 16.1. The Bertz CT molecular complexity index is 903. The van der Waals surface area contributed by atoms with Crippen LogP contribution in [0.15, 0.2) is 24.3 Å². The molecule has 0 spiro atoms. The topological polar surface area (TPSA) is 78.3 Å². The minimum Gasteiger partial charge on any atom is -0.507 e. The van der Waals surface area contributed by atoms with Crippen molar-refractivity contribution in [1.29, 1.82) is 0 Å². The van der Waals surface area contributed by atoms with Gasteiger partial charge in [0.1, 0.15) is 11.9 Å². The van der Waals surface area contributed by atoms with Crippen molar-refractivity contribution in [1.82, 2.24) is 15.5 Å². The Labute approximate surface area is 167 Å². The summed E-state index contributed by atoms with van der Waals surface area (Å²) < 4.78 is 38.4. The van der Waals surface area contributed by atoms with Gasteiger partial charge in [-0.05, 0) is 80.8 Å². The second kappa shape index (κ2) is 7.57. The molecule has 5 nitrogen and oxygen atoms in total. The molecule has 1 saturated heterocycles. The summed E-state index contributed by atoms with van der Waals surface area (Å²) in [5, 5.41) is 32.7. The quantitative estimate of drug-likeness (QED) is 0.717. The molecule has 2 aromatic rings. The molecule has 2 fully saturated rings. The van der Waals surface area contributed by atoms with Gasteiger partial charge >= 0.3 is 6.18 Å². The molecular weight excluding hydrogens is 383 g/mol. The molecule has 1 aromatic carbocycles. The van der Waals surface area contributed by atoms with Crippen molar-refractivity contribution in [3.8, 4) is 17.0 Å². The van der Waals surface area contributed by atoms with Gasteiger partial charge in [0, 0.05) is 11.6 Å². The fraction of sp³-hybridized carbons (Fsp3) is 0.524. The van der Waals surface area contributed by atoms with Crippen molar-refractivity contribution < 1.29 is 23.4 Å². The largest absolute Gasteiger partial charge is 0.507 e. The number of rotatable bonds is 3. The summed E-state index contributed by atoms with van der Waals surface area (Å²) in [6.07, 6.45) is -1.15. The van der Waals surface area contributed by atoms with Gasteiger partial charge < -0.3 is 15.5 Å². The van der Waals surface area contributed by atoms with Crippen molar-refractivity contribution in [2.45, 2.75) is 50.9 Å². The highest BCUT2D eigenvalue weighted by Crippen LogP contribution is 2.40. The molecule has 0 radical (unpaired) electrons. The van der Waals surface area contributed by atoms with E-state index in [0.717, 1.165) is 31.9 Å². The van der Waals surface area contributed by atoms with Crippen LogP contribution < -0.4 is 5.32 Å². The number of fused-ring (bicyclic) bond motifs is 1. The first-order valence-corrected chi connectivity index (χ1v) is 9.90. The van der Waals surface area contributed by atoms with E-state index in [-0.39, 0.29) is 11.5 Å². The molecule has 0 amide bonds. The Morgan fingerprint density at radius 3 is 2.62 bits per heavy atom. The second-order valence-corrected chi connectivity index (χ2v) is 8.16. The fourth-order valence-electron chi connectivity index (χ4n) is 4.67. The lowest BCUT2D eigenvalue weighted by Crippen LogP contribution is -2.35. The normalized spacial score (nSPS) is 25.6. The number of aliphatic hydroxyl groups excluding tert-OH is 1. The number of phenolic OH excluding ortho intramolecular Hbond substituents is 1. The lowest BCUT2D eigenvalue weighted by Gasteiger charge is -2.34. The summed E-state index contributed by atoms with van der Waals surface area (Å²) in [7, 11) is 0. The number of halogens is 3. The van der Waals surface area contributed by atoms with Crippen LogP contribution >= 0.6 is 0 Å². The first-order valence-electron chi connectivity index (χ1n) is 9.90. The number of phenols is 1. The van der Waals surface area contributed by atoms with Gasteiger partial charge in [0.25, 0.3) is 0 Å². The maximum absolute atomic E-state index is 12.8. The molecule has 4 atom stereocenters. The minimum atomic E-state index is -4.53.